The molecule has 442 valence electrons. The number of aromatic nitrogens is 2. The van der Waals surface area contributed by atoms with E-state index in [0.717, 1.165) is 42.7 Å². The molecule has 2 fully saturated rings. The molecule has 0 spiro atoms. The maximum atomic E-state index is 14.0. The van der Waals surface area contributed by atoms with Crippen molar-refractivity contribution in [3.05, 3.63) is 83.7 Å². The Morgan fingerprint density at radius 3 is 2.23 bits per heavy atom. The van der Waals surface area contributed by atoms with Crippen LogP contribution in [0.3, 0.4) is 0 Å². The minimum atomic E-state index is -2.03. The third kappa shape index (κ3) is 18.6. The Morgan fingerprint density at radius 1 is 0.852 bits per heavy atom. The molecule has 24 heteroatoms. The monoisotopic (exact) mass is 1130 g/mol. The van der Waals surface area contributed by atoms with E-state index in [2.05, 4.69) is 55.8 Å². The second kappa shape index (κ2) is 30.8. The summed E-state index contributed by atoms with van der Waals surface area (Å²) in [6, 6.07) is 15.7. The third-order valence-electron chi connectivity index (χ3n) is 14.1. The zero-order valence-electron chi connectivity index (χ0n) is 46.8. The van der Waals surface area contributed by atoms with E-state index in [4.69, 9.17) is 23.7 Å². The van der Waals surface area contributed by atoms with E-state index in [9.17, 15) is 54.0 Å². The van der Waals surface area contributed by atoms with E-state index in [0.29, 0.717) is 50.5 Å². The molecule has 2 aromatic carbocycles. The molecule has 0 aliphatic carbocycles. The maximum absolute atomic E-state index is 14.0. The number of aliphatic hydroxyl groups excluding tert-OH is 3. The molecule has 0 unspecified atom stereocenters. The van der Waals surface area contributed by atoms with Crippen LogP contribution < -0.4 is 26.0 Å². The molecule has 7 atom stereocenters. The van der Waals surface area contributed by atoms with Crippen molar-refractivity contribution in [3.8, 4) is 5.75 Å². The summed E-state index contributed by atoms with van der Waals surface area (Å²) in [6.07, 6.45) is -6.54. The van der Waals surface area contributed by atoms with Crippen LogP contribution in [0, 0.1) is 11.8 Å². The fourth-order valence-electron chi connectivity index (χ4n) is 9.31. The molecule has 8 N–H and O–H groups in total. The lowest BCUT2D eigenvalue weighted by Crippen LogP contribution is -2.61. The number of aliphatic hydroxyl groups is 3. The first-order valence-electron chi connectivity index (χ1n) is 27.4. The van der Waals surface area contributed by atoms with Gasteiger partial charge in [0.1, 0.15) is 36.3 Å². The number of likely N-dealkylation sites (tertiary alicyclic amines) is 1. The summed E-state index contributed by atoms with van der Waals surface area (Å²) in [5.41, 5.74) is 3.04. The van der Waals surface area contributed by atoms with Crippen molar-refractivity contribution in [2.45, 2.75) is 129 Å². The first-order valence-corrected chi connectivity index (χ1v) is 27.4. The number of carbonyl (C=O) groups excluding carboxylic acids is 6. The number of Topliss-reactive ketones (excluding diaryl/α,β-unsaturated/α-hetero) is 1. The van der Waals surface area contributed by atoms with E-state index >= 15 is 0 Å². The highest BCUT2D eigenvalue weighted by Gasteiger charge is 2.48. The number of piperidine rings is 1. The highest BCUT2D eigenvalue weighted by molar-refractivity contribution is 6.02. The number of hydrogen-bond acceptors (Lipinski definition) is 18. The Bertz CT molecular complexity index is 2770. The SMILES string of the molecule is CCN(C)Cc1cc2cccnc2n1CCC(=O)N1CCC(NCCOCCOCCC(=O)Nc2ccc(C(=O)N[C@H](C(=O)C[C@@H](C)C(=O)Nc3ccc(COC(C)=O)cc3)C(C)C)c(O[C@@H]3O[C@H](C(=O)O)[C@@H](O)[C@H](O)[C@H]3O)c2)CC1. The predicted molar refractivity (Wildman–Crippen MR) is 296 cm³/mol. The lowest BCUT2D eigenvalue weighted by molar-refractivity contribution is -0.271. The van der Waals surface area contributed by atoms with Gasteiger partial charge in [0.25, 0.3) is 5.91 Å². The number of rotatable bonds is 30. The largest absolute Gasteiger partial charge is 0.479 e. The van der Waals surface area contributed by atoms with Gasteiger partial charge in [-0.3, -0.25) is 28.8 Å². The Morgan fingerprint density at radius 2 is 1.56 bits per heavy atom. The molecular formula is C57H78N8O16. The van der Waals surface area contributed by atoms with Crippen molar-refractivity contribution in [2.75, 3.05) is 70.3 Å². The van der Waals surface area contributed by atoms with Crippen LogP contribution >= 0.6 is 0 Å². The summed E-state index contributed by atoms with van der Waals surface area (Å²) >= 11 is 0. The number of ketones is 1. The van der Waals surface area contributed by atoms with E-state index in [-0.39, 0.29) is 68.2 Å². The summed E-state index contributed by atoms with van der Waals surface area (Å²) < 4.78 is 29.7. The molecule has 4 amide bonds. The normalized spacial score (nSPS) is 19.2. The lowest BCUT2D eigenvalue weighted by atomic mass is 9.92. The minimum absolute atomic E-state index is 0.0285. The van der Waals surface area contributed by atoms with Crippen LogP contribution in [0.25, 0.3) is 11.0 Å². The number of amides is 4. The summed E-state index contributed by atoms with van der Waals surface area (Å²) in [5.74, 6) is -5.94. The molecule has 81 heavy (non-hydrogen) atoms. The van der Waals surface area contributed by atoms with Crippen molar-refractivity contribution in [3.63, 3.8) is 0 Å². The van der Waals surface area contributed by atoms with Gasteiger partial charge in [0.15, 0.2) is 11.9 Å². The standard InChI is InChI=1S/C57H78N8O16/c1-7-63(6)32-42-30-38-9-8-20-59-53(38)65(42)24-18-47(69)64-22-16-39(17-23-64)58-21-26-78-28-27-77-25-19-46(68)60-41-14-15-43(45(31-41)80-57-51(72)49(70)50(71)52(81-57)56(75)76)55(74)62-48(34(2)3)44(67)29-35(4)54(73)61-40-12-10-37(11-13-40)33-79-36(5)66/h8-15,20,30-31,34-35,39,48-52,57-58,70-72H,7,16-19,21-29,32-33H2,1-6H3,(H,60,68)(H,61,73)(H,62,74)(H,75,76)/t35-,48+,49+,50+,51-,52+,57-/m1/s1. The fraction of sp³-hybridized carbons (Fsp3) is 0.544. The van der Waals surface area contributed by atoms with Gasteiger partial charge in [-0.1, -0.05) is 39.8 Å². The maximum Gasteiger partial charge on any atom is 0.335 e. The van der Waals surface area contributed by atoms with Crippen molar-refractivity contribution in [1.82, 2.24) is 30.0 Å². The molecule has 2 saturated heterocycles. The molecule has 4 aromatic rings. The average Bonchev–Trinajstić information content (AvgIpc) is 3.89. The fourth-order valence-corrected chi connectivity index (χ4v) is 9.31. The number of nitrogens with zero attached hydrogens (tertiary/aromatic N) is 4. The van der Waals surface area contributed by atoms with E-state index in [1.165, 1.54) is 25.1 Å². The van der Waals surface area contributed by atoms with Crippen LogP contribution in [0.4, 0.5) is 11.4 Å². The second-order valence-electron chi connectivity index (χ2n) is 20.7. The lowest BCUT2D eigenvalue weighted by Gasteiger charge is -2.38. The zero-order chi connectivity index (χ0) is 58.8. The van der Waals surface area contributed by atoms with Gasteiger partial charge in [0.2, 0.25) is 24.0 Å². The molecule has 2 aliphatic rings. The second-order valence-corrected chi connectivity index (χ2v) is 20.7. The van der Waals surface area contributed by atoms with Gasteiger partial charge in [0.05, 0.1) is 44.5 Å². The number of nitrogens with one attached hydrogen (secondary N) is 4. The minimum Gasteiger partial charge on any atom is -0.479 e. The van der Waals surface area contributed by atoms with Gasteiger partial charge < -0.3 is 79.7 Å². The van der Waals surface area contributed by atoms with Crippen LogP contribution in [0.5, 0.6) is 5.75 Å². The van der Waals surface area contributed by atoms with Crippen molar-refractivity contribution in [2.24, 2.45) is 11.8 Å². The van der Waals surface area contributed by atoms with Gasteiger partial charge in [-0.25, -0.2) is 9.78 Å². The molecule has 2 aliphatic heterocycles. The predicted octanol–water partition coefficient (Wildman–Crippen LogP) is 2.84. The zero-order valence-corrected chi connectivity index (χ0v) is 46.8. The number of anilines is 2. The number of carboxylic acids is 1. The number of aryl methyl sites for hydroxylation is 1. The first-order chi connectivity index (χ1) is 38.7. The van der Waals surface area contributed by atoms with Crippen molar-refractivity contribution >= 4 is 63.8 Å². The summed E-state index contributed by atoms with van der Waals surface area (Å²) in [7, 11) is 2.07. The van der Waals surface area contributed by atoms with Crippen LogP contribution in [-0.2, 0) is 67.4 Å². The average molecular weight is 1130 g/mol. The quantitative estimate of drug-likeness (QED) is 0.0275. The van der Waals surface area contributed by atoms with E-state index in [1.807, 2.05) is 17.0 Å². The number of fused-ring (bicyclic) bond motifs is 1. The van der Waals surface area contributed by atoms with Gasteiger partial charge in [0, 0.05) is 99.2 Å². The van der Waals surface area contributed by atoms with Gasteiger partial charge in [-0.2, -0.15) is 0 Å². The Balaban J connectivity index is 0.940. The van der Waals surface area contributed by atoms with Crippen LogP contribution in [-0.4, -0.2) is 184 Å². The van der Waals surface area contributed by atoms with Gasteiger partial charge in [-0.05, 0) is 80.4 Å². The van der Waals surface area contributed by atoms with Crippen LogP contribution in [0.15, 0.2) is 66.9 Å². The molecule has 24 nitrogen and oxygen atoms in total. The number of carbonyl (C=O) groups is 7. The number of hydrogen-bond donors (Lipinski definition) is 8. The number of aliphatic carboxylic acids is 1. The van der Waals surface area contributed by atoms with Crippen LogP contribution in [0.2, 0.25) is 0 Å². The Labute approximate surface area is 470 Å². The number of benzene rings is 2. The topological polar surface area (TPSA) is 319 Å². The molecule has 4 heterocycles. The number of esters is 1. The Hall–Kier alpha value is -6.90. The van der Waals surface area contributed by atoms with Crippen LogP contribution in [0.1, 0.15) is 88.3 Å². The Kier molecular flexibility index (Phi) is 24.1. The highest BCUT2D eigenvalue weighted by atomic mass is 16.7. The summed E-state index contributed by atoms with van der Waals surface area (Å²) in [5, 5.41) is 53.9. The molecule has 0 radical (unpaired) electrons. The molecule has 0 bridgehead atoms. The highest BCUT2D eigenvalue weighted by Crippen LogP contribution is 2.30. The molecule has 2 aromatic heterocycles. The molecular weight excluding hydrogens is 1050 g/mol. The number of pyridine rings is 1. The first kappa shape index (κ1) is 63.3. The number of ether oxygens (including phenoxy) is 5. The van der Waals surface area contributed by atoms with E-state index in [1.54, 1.807) is 51.2 Å². The van der Waals surface area contributed by atoms with Crippen molar-refractivity contribution in [1.29, 1.82) is 0 Å². The number of carboxylic acid groups (broad SMARTS) is 1. The summed E-state index contributed by atoms with van der Waals surface area (Å²) in [6.45, 7) is 13.6. The molecule has 6 rings (SSSR count). The van der Waals surface area contributed by atoms with Gasteiger partial charge in [-0.15, -0.1) is 0 Å². The van der Waals surface area contributed by atoms with E-state index < -0.39 is 84.0 Å². The third-order valence-corrected chi connectivity index (χ3v) is 14.1. The smallest absolute Gasteiger partial charge is 0.335 e. The van der Waals surface area contributed by atoms with Gasteiger partial charge >= 0.3 is 11.9 Å². The van der Waals surface area contributed by atoms with Crippen molar-refractivity contribution < 1.29 is 77.7 Å². The summed E-state index contributed by atoms with van der Waals surface area (Å²) in [4.78, 5) is 99.1. The molecule has 0 saturated carbocycles.